The zero-order valence-corrected chi connectivity index (χ0v) is 15.6. The monoisotopic (exact) mass is 426 g/mol. The lowest BCUT2D eigenvalue weighted by molar-refractivity contribution is -0.383. The molecule has 1 N–H and O–H groups in total. The van der Waals surface area contributed by atoms with E-state index in [9.17, 15) is 19.7 Å². The molecule has 11 heteroatoms. The summed E-state index contributed by atoms with van der Waals surface area (Å²) < 4.78 is 15.7. The van der Waals surface area contributed by atoms with Crippen molar-refractivity contribution in [2.75, 3.05) is 25.1 Å². The Labute approximate surface area is 168 Å². The molecule has 0 saturated carbocycles. The number of esters is 1. The quantitative estimate of drug-likeness (QED) is 0.441. The van der Waals surface area contributed by atoms with Gasteiger partial charge in [0.1, 0.15) is 18.9 Å². The lowest BCUT2D eigenvalue weighted by atomic mass is 10.2. The predicted octanol–water partition coefficient (Wildman–Crippen LogP) is 3.47. The second kappa shape index (κ2) is 8.32. The zero-order valence-electron chi connectivity index (χ0n) is 14.1. The van der Waals surface area contributed by atoms with Crippen LogP contribution in [0.25, 0.3) is 0 Å². The molecular formula is C17H12Cl2N2O7. The summed E-state index contributed by atoms with van der Waals surface area (Å²) in [5, 5.41) is 13.6. The minimum absolute atomic E-state index is 0.0690. The maximum atomic E-state index is 12.2. The SMILES string of the molecule is O=C(COC(=O)c1cc(Cl)c2c(c1)OCCO2)Nc1ccc(Cl)cc1[N+](=O)[O-]. The first-order valence-corrected chi connectivity index (χ1v) is 8.61. The molecule has 1 aliphatic heterocycles. The molecule has 0 atom stereocenters. The number of nitrogens with one attached hydrogen (secondary N) is 1. The average Bonchev–Trinajstić information content (AvgIpc) is 2.67. The number of nitro groups is 1. The van der Waals surface area contributed by atoms with Crippen molar-refractivity contribution < 1.29 is 28.7 Å². The number of nitrogens with zero attached hydrogens (tertiary/aromatic N) is 1. The number of hydrogen-bond donors (Lipinski definition) is 1. The molecule has 0 aromatic heterocycles. The third-order valence-corrected chi connectivity index (χ3v) is 4.11. The number of rotatable bonds is 5. The first-order chi connectivity index (χ1) is 13.3. The number of amides is 1. The van der Waals surface area contributed by atoms with Gasteiger partial charge < -0.3 is 19.5 Å². The Hall–Kier alpha value is -3.04. The Morgan fingerprint density at radius 3 is 2.68 bits per heavy atom. The van der Waals surface area contributed by atoms with E-state index in [0.29, 0.717) is 24.7 Å². The number of anilines is 1. The Balaban J connectivity index is 1.65. The number of carbonyl (C=O) groups excluding carboxylic acids is 2. The summed E-state index contributed by atoms with van der Waals surface area (Å²) >= 11 is 11.8. The van der Waals surface area contributed by atoms with Crippen molar-refractivity contribution in [2.45, 2.75) is 0 Å². The lowest BCUT2D eigenvalue weighted by Gasteiger charge is -2.19. The predicted molar refractivity (Wildman–Crippen MR) is 99.5 cm³/mol. The molecule has 0 fully saturated rings. The van der Waals surface area contributed by atoms with Gasteiger partial charge in [-0.15, -0.1) is 0 Å². The van der Waals surface area contributed by atoms with Gasteiger partial charge in [0.05, 0.1) is 15.5 Å². The second-order valence-electron chi connectivity index (χ2n) is 5.53. The molecule has 1 amide bonds. The van der Waals surface area contributed by atoms with Crippen LogP contribution < -0.4 is 14.8 Å². The van der Waals surface area contributed by atoms with Gasteiger partial charge in [0.25, 0.3) is 11.6 Å². The summed E-state index contributed by atoms with van der Waals surface area (Å²) in [5.41, 5.74) is -0.386. The van der Waals surface area contributed by atoms with Crippen molar-refractivity contribution in [3.8, 4) is 11.5 Å². The van der Waals surface area contributed by atoms with Gasteiger partial charge in [0, 0.05) is 11.1 Å². The fourth-order valence-electron chi connectivity index (χ4n) is 2.39. The summed E-state index contributed by atoms with van der Waals surface area (Å²) in [5.74, 6) is -0.953. The van der Waals surface area contributed by atoms with E-state index in [0.717, 1.165) is 6.07 Å². The van der Waals surface area contributed by atoms with E-state index in [4.69, 9.17) is 37.4 Å². The summed E-state index contributed by atoms with van der Waals surface area (Å²) in [4.78, 5) is 34.5. The van der Waals surface area contributed by atoms with E-state index >= 15 is 0 Å². The van der Waals surface area contributed by atoms with Crippen molar-refractivity contribution >= 4 is 46.5 Å². The van der Waals surface area contributed by atoms with Crippen LogP contribution in [0, 0.1) is 10.1 Å². The van der Waals surface area contributed by atoms with Crippen LogP contribution in [0.15, 0.2) is 30.3 Å². The molecule has 0 bridgehead atoms. The Morgan fingerprint density at radius 1 is 1.18 bits per heavy atom. The molecule has 9 nitrogen and oxygen atoms in total. The van der Waals surface area contributed by atoms with E-state index < -0.39 is 23.4 Å². The minimum atomic E-state index is -0.820. The van der Waals surface area contributed by atoms with Gasteiger partial charge in [-0.05, 0) is 24.3 Å². The van der Waals surface area contributed by atoms with Gasteiger partial charge in [-0.2, -0.15) is 0 Å². The van der Waals surface area contributed by atoms with Crippen LogP contribution in [0.1, 0.15) is 10.4 Å². The van der Waals surface area contributed by atoms with E-state index in [1.54, 1.807) is 0 Å². The van der Waals surface area contributed by atoms with Crippen LogP contribution in [-0.2, 0) is 9.53 Å². The highest BCUT2D eigenvalue weighted by Crippen LogP contribution is 2.38. The van der Waals surface area contributed by atoms with Gasteiger partial charge in [-0.3, -0.25) is 14.9 Å². The first-order valence-electron chi connectivity index (χ1n) is 7.85. The average molecular weight is 427 g/mol. The molecule has 28 heavy (non-hydrogen) atoms. The van der Waals surface area contributed by atoms with Crippen molar-refractivity contribution in [2.24, 2.45) is 0 Å². The topological polar surface area (TPSA) is 117 Å². The third-order valence-electron chi connectivity index (χ3n) is 3.60. The van der Waals surface area contributed by atoms with Crippen molar-refractivity contribution in [3.63, 3.8) is 0 Å². The minimum Gasteiger partial charge on any atom is -0.486 e. The highest BCUT2D eigenvalue weighted by molar-refractivity contribution is 6.32. The number of nitro benzene ring substituents is 1. The Kier molecular flexibility index (Phi) is 5.86. The summed E-state index contributed by atoms with van der Waals surface area (Å²) in [7, 11) is 0. The van der Waals surface area contributed by atoms with Gasteiger partial charge in [0.2, 0.25) is 0 Å². The van der Waals surface area contributed by atoms with Gasteiger partial charge in [-0.1, -0.05) is 23.2 Å². The zero-order chi connectivity index (χ0) is 20.3. The van der Waals surface area contributed by atoms with Crippen molar-refractivity contribution in [1.82, 2.24) is 0 Å². The van der Waals surface area contributed by atoms with E-state index in [1.807, 2.05) is 0 Å². The molecule has 1 aliphatic rings. The van der Waals surface area contributed by atoms with Crippen LogP contribution >= 0.6 is 23.2 Å². The second-order valence-corrected chi connectivity index (χ2v) is 6.37. The highest BCUT2D eigenvalue weighted by atomic mass is 35.5. The van der Waals surface area contributed by atoms with Crippen LogP contribution in [0.2, 0.25) is 10.0 Å². The molecule has 0 spiro atoms. The Bertz CT molecular complexity index is 965. The molecule has 0 saturated heterocycles. The fraction of sp³-hybridized carbons (Fsp3) is 0.176. The van der Waals surface area contributed by atoms with Crippen LogP contribution in [0.5, 0.6) is 11.5 Å². The molecule has 0 unspecified atom stereocenters. The van der Waals surface area contributed by atoms with Crippen LogP contribution in [-0.4, -0.2) is 36.6 Å². The smallest absolute Gasteiger partial charge is 0.338 e. The molecule has 146 valence electrons. The molecule has 0 aliphatic carbocycles. The van der Waals surface area contributed by atoms with Crippen LogP contribution in [0.4, 0.5) is 11.4 Å². The van der Waals surface area contributed by atoms with Gasteiger partial charge in [0.15, 0.2) is 18.1 Å². The van der Waals surface area contributed by atoms with E-state index in [2.05, 4.69) is 5.32 Å². The molecule has 1 heterocycles. The number of halogens is 2. The standard InChI is InChI=1S/C17H12Cl2N2O7/c18-10-1-2-12(13(7-10)21(24)25)20-15(22)8-28-17(23)9-5-11(19)16-14(6-9)26-3-4-27-16/h1-2,5-7H,3-4,8H2,(H,20,22). The highest BCUT2D eigenvalue weighted by Gasteiger charge is 2.21. The molecule has 0 radical (unpaired) electrons. The van der Waals surface area contributed by atoms with Crippen molar-refractivity contribution in [1.29, 1.82) is 0 Å². The summed E-state index contributed by atoms with van der Waals surface area (Å²) in [6, 6.07) is 6.48. The first kappa shape index (κ1) is 19.7. The molecule has 2 aromatic carbocycles. The third kappa shape index (κ3) is 4.44. The summed E-state index contributed by atoms with van der Waals surface area (Å²) in [6.45, 7) is -0.0116. The number of carbonyl (C=O) groups is 2. The van der Waals surface area contributed by atoms with Crippen molar-refractivity contribution in [3.05, 3.63) is 56.1 Å². The van der Waals surface area contributed by atoms with Gasteiger partial charge in [-0.25, -0.2) is 4.79 Å². The normalized spacial score (nSPS) is 12.2. The Morgan fingerprint density at radius 2 is 1.93 bits per heavy atom. The number of fused-ring (bicyclic) bond motifs is 1. The number of ether oxygens (including phenoxy) is 3. The molecular weight excluding hydrogens is 415 g/mol. The van der Waals surface area contributed by atoms with E-state index in [1.165, 1.54) is 24.3 Å². The van der Waals surface area contributed by atoms with Gasteiger partial charge >= 0.3 is 5.97 Å². The number of hydrogen-bond acceptors (Lipinski definition) is 7. The van der Waals surface area contributed by atoms with Crippen LogP contribution in [0.3, 0.4) is 0 Å². The summed E-state index contributed by atoms with van der Waals surface area (Å²) in [6.07, 6.45) is 0. The lowest BCUT2D eigenvalue weighted by Crippen LogP contribution is -2.22. The largest absolute Gasteiger partial charge is 0.486 e. The maximum absolute atomic E-state index is 12.2. The fourth-order valence-corrected chi connectivity index (χ4v) is 2.82. The van der Waals surface area contributed by atoms with E-state index in [-0.39, 0.29) is 27.0 Å². The maximum Gasteiger partial charge on any atom is 0.338 e. The molecule has 3 rings (SSSR count). The molecule has 2 aromatic rings. The number of benzene rings is 2.